The third-order valence-corrected chi connectivity index (χ3v) is 2.92. The Morgan fingerprint density at radius 1 is 0.833 bits per heavy atom. The number of aliphatic carboxylic acids is 2. The van der Waals surface area contributed by atoms with E-state index in [2.05, 4.69) is 9.97 Å². The number of carboxylic acids is 2. The molecule has 2 aromatic carbocycles. The molecule has 0 aliphatic heterocycles. The molecular formula is C17H16N2O5. The summed E-state index contributed by atoms with van der Waals surface area (Å²) in [5.41, 5.74) is 3.62. The molecule has 3 rings (SSSR count). The first-order chi connectivity index (χ1) is 11.0. The minimum absolute atomic E-state index is 0. The zero-order valence-electron chi connectivity index (χ0n) is 12.8. The zero-order chi connectivity index (χ0) is 16.8. The average molecular weight is 328 g/mol. The fourth-order valence-electron chi connectivity index (χ4n) is 1.81. The Kier molecular flexibility index (Phi) is 6.51. The summed E-state index contributed by atoms with van der Waals surface area (Å²) < 4.78 is 0. The highest BCUT2D eigenvalue weighted by atomic mass is 16.4. The van der Waals surface area contributed by atoms with Crippen molar-refractivity contribution >= 4 is 34.0 Å². The number of carboxylic acid groups (broad SMARTS) is 2. The summed E-state index contributed by atoms with van der Waals surface area (Å²) in [6.07, 6.45) is 0.641. The Labute approximate surface area is 137 Å². The standard InChI is InChI=1S/C12H8N2.C5H6O4.H2O/c1-2-6-10-9(5-1)13-11-7-3-4-8-12(11)14-10;1-3(5(8)9)2-4(6)7;/h1-8H;2H,1H3,(H,6,7)(H,8,9);1H2/b;3-2+;. The quantitative estimate of drug-likeness (QED) is 0.546. The van der Waals surface area contributed by atoms with Gasteiger partial charge in [-0.25, -0.2) is 19.6 Å². The van der Waals surface area contributed by atoms with Crippen LogP contribution < -0.4 is 0 Å². The molecule has 0 aliphatic rings. The maximum absolute atomic E-state index is 9.90. The molecule has 7 heteroatoms. The lowest BCUT2D eigenvalue weighted by molar-refractivity contribution is -0.135. The molecule has 0 amide bonds. The van der Waals surface area contributed by atoms with Crippen molar-refractivity contribution in [3.8, 4) is 0 Å². The SMILES string of the molecule is C/C(=C\C(=O)O)C(=O)O.O.c1ccc2nc3ccccc3nc2c1. The number of aromatic nitrogens is 2. The maximum atomic E-state index is 9.90. The molecule has 24 heavy (non-hydrogen) atoms. The van der Waals surface area contributed by atoms with Crippen molar-refractivity contribution in [1.29, 1.82) is 0 Å². The Morgan fingerprint density at radius 3 is 1.38 bits per heavy atom. The van der Waals surface area contributed by atoms with E-state index in [-0.39, 0.29) is 11.0 Å². The second-order valence-corrected chi connectivity index (χ2v) is 4.67. The number of benzene rings is 2. The summed E-state index contributed by atoms with van der Waals surface area (Å²) in [6.45, 7) is 1.22. The van der Waals surface area contributed by atoms with Crippen LogP contribution in [-0.2, 0) is 9.59 Å². The molecular weight excluding hydrogens is 312 g/mol. The van der Waals surface area contributed by atoms with Gasteiger partial charge in [-0.05, 0) is 31.2 Å². The van der Waals surface area contributed by atoms with E-state index in [9.17, 15) is 9.59 Å². The van der Waals surface area contributed by atoms with E-state index in [0.29, 0.717) is 6.08 Å². The number of fused-ring (bicyclic) bond motifs is 2. The van der Waals surface area contributed by atoms with Gasteiger partial charge in [0.05, 0.1) is 22.1 Å². The van der Waals surface area contributed by atoms with Crippen molar-refractivity contribution in [3.63, 3.8) is 0 Å². The van der Waals surface area contributed by atoms with Crippen molar-refractivity contribution in [1.82, 2.24) is 9.97 Å². The van der Waals surface area contributed by atoms with Crippen LogP contribution in [0.4, 0.5) is 0 Å². The first-order valence-corrected chi connectivity index (χ1v) is 6.73. The van der Waals surface area contributed by atoms with E-state index in [4.69, 9.17) is 10.2 Å². The van der Waals surface area contributed by atoms with Crippen molar-refractivity contribution in [2.45, 2.75) is 6.92 Å². The van der Waals surface area contributed by atoms with Gasteiger partial charge in [-0.3, -0.25) is 0 Å². The van der Waals surface area contributed by atoms with Crippen molar-refractivity contribution < 1.29 is 25.3 Å². The van der Waals surface area contributed by atoms with Crippen LogP contribution in [-0.4, -0.2) is 37.6 Å². The Balaban J connectivity index is 0.000000256. The van der Waals surface area contributed by atoms with Crippen LogP contribution in [0.3, 0.4) is 0 Å². The number of hydrogen-bond donors (Lipinski definition) is 2. The van der Waals surface area contributed by atoms with Gasteiger partial charge in [-0.1, -0.05) is 24.3 Å². The topological polar surface area (TPSA) is 132 Å². The summed E-state index contributed by atoms with van der Waals surface area (Å²) in [5, 5.41) is 16.1. The van der Waals surface area contributed by atoms with Gasteiger partial charge in [-0.2, -0.15) is 0 Å². The van der Waals surface area contributed by atoms with E-state index < -0.39 is 11.9 Å². The third kappa shape index (κ3) is 4.85. The molecule has 1 aromatic heterocycles. The number of hydrogen-bond acceptors (Lipinski definition) is 4. The minimum atomic E-state index is -1.24. The van der Waals surface area contributed by atoms with Gasteiger partial charge in [0, 0.05) is 11.6 Å². The molecule has 0 bridgehead atoms. The van der Waals surface area contributed by atoms with E-state index in [1.165, 1.54) is 6.92 Å². The lowest BCUT2D eigenvalue weighted by Crippen LogP contribution is -1.99. The second-order valence-electron chi connectivity index (χ2n) is 4.67. The van der Waals surface area contributed by atoms with E-state index in [0.717, 1.165) is 22.1 Å². The first kappa shape index (κ1) is 18.7. The number of nitrogens with zero attached hydrogens (tertiary/aromatic N) is 2. The predicted molar refractivity (Wildman–Crippen MR) is 89.7 cm³/mol. The molecule has 124 valence electrons. The first-order valence-electron chi connectivity index (χ1n) is 6.73. The van der Waals surface area contributed by atoms with Gasteiger partial charge in [0.2, 0.25) is 0 Å². The highest BCUT2D eigenvalue weighted by Crippen LogP contribution is 2.14. The minimum Gasteiger partial charge on any atom is -0.478 e. The molecule has 0 radical (unpaired) electrons. The van der Waals surface area contributed by atoms with Gasteiger partial charge in [-0.15, -0.1) is 0 Å². The van der Waals surface area contributed by atoms with E-state index in [1.54, 1.807) is 0 Å². The molecule has 4 N–H and O–H groups in total. The van der Waals surface area contributed by atoms with Crippen LogP contribution in [0.25, 0.3) is 22.1 Å². The number of para-hydroxylation sites is 4. The largest absolute Gasteiger partial charge is 0.478 e. The van der Waals surface area contributed by atoms with Crippen LogP contribution >= 0.6 is 0 Å². The molecule has 0 aliphatic carbocycles. The molecule has 0 saturated heterocycles. The summed E-state index contributed by atoms with van der Waals surface area (Å²) in [4.78, 5) is 28.7. The Hall–Kier alpha value is -3.32. The fraction of sp³-hybridized carbons (Fsp3) is 0.0588. The molecule has 1 heterocycles. The summed E-state index contributed by atoms with van der Waals surface area (Å²) in [7, 11) is 0. The normalized spacial score (nSPS) is 10.5. The average Bonchev–Trinajstić information content (AvgIpc) is 2.52. The lowest BCUT2D eigenvalue weighted by Gasteiger charge is -1.98. The van der Waals surface area contributed by atoms with Crippen molar-refractivity contribution in [2.75, 3.05) is 0 Å². The highest BCUT2D eigenvalue weighted by molar-refractivity contribution is 5.94. The lowest BCUT2D eigenvalue weighted by atomic mass is 10.2. The summed E-state index contributed by atoms with van der Waals surface area (Å²) in [5.74, 6) is -2.45. The molecule has 0 unspecified atom stereocenters. The van der Waals surface area contributed by atoms with Crippen LogP contribution in [0.5, 0.6) is 0 Å². The van der Waals surface area contributed by atoms with Gasteiger partial charge in [0.15, 0.2) is 0 Å². The van der Waals surface area contributed by atoms with E-state index in [1.807, 2.05) is 48.5 Å². The fourth-order valence-corrected chi connectivity index (χ4v) is 1.81. The molecule has 7 nitrogen and oxygen atoms in total. The summed E-state index contributed by atoms with van der Waals surface area (Å²) >= 11 is 0. The zero-order valence-corrected chi connectivity index (χ0v) is 12.8. The Morgan fingerprint density at radius 2 is 1.17 bits per heavy atom. The molecule has 0 atom stereocenters. The van der Waals surface area contributed by atoms with Crippen LogP contribution in [0.1, 0.15) is 6.92 Å². The van der Waals surface area contributed by atoms with Gasteiger partial charge < -0.3 is 15.7 Å². The Bertz CT molecular complexity index is 801. The molecule has 3 aromatic rings. The number of rotatable bonds is 2. The van der Waals surface area contributed by atoms with E-state index >= 15 is 0 Å². The monoisotopic (exact) mass is 328 g/mol. The molecule has 0 fully saturated rings. The smallest absolute Gasteiger partial charge is 0.331 e. The van der Waals surface area contributed by atoms with Gasteiger partial charge in [0.1, 0.15) is 0 Å². The van der Waals surface area contributed by atoms with Crippen molar-refractivity contribution in [3.05, 3.63) is 60.2 Å². The highest BCUT2D eigenvalue weighted by Gasteiger charge is 2.00. The van der Waals surface area contributed by atoms with Crippen LogP contribution in [0.2, 0.25) is 0 Å². The number of carbonyl (C=O) groups is 2. The van der Waals surface area contributed by atoms with Gasteiger partial charge in [0.25, 0.3) is 0 Å². The summed E-state index contributed by atoms with van der Waals surface area (Å²) in [6, 6.07) is 15.8. The second kappa shape index (κ2) is 8.35. The molecule has 0 saturated carbocycles. The van der Waals surface area contributed by atoms with Crippen LogP contribution in [0, 0.1) is 0 Å². The molecule has 0 spiro atoms. The van der Waals surface area contributed by atoms with Crippen LogP contribution in [0.15, 0.2) is 60.2 Å². The third-order valence-electron chi connectivity index (χ3n) is 2.92. The predicted octanol–water partition coefficient (Wildman–Crippen LogP) is 2.06. The van der Waals surface area contributed by atoms with Crippen molar-refractivity contribution in [2.24, 2.45) is 0 Å². The maximum Gasteiger partial charge on any atom is 0.331 e. The van der Waals surface area contributed by atoms with Gasteiger partial charge >= 0.3 is 11.9 Å².